The van der Waals surface area contributed by atoms with E-state index in [9.17, 15) is 0 Å². The highest BCUT2D eigenvalue weighted by molar-refractivity contribution is 5.20. The topological polar surface area (TPSA) is 38.1 Å². The summed E-state index contributed by atoms with van der Waals surface area (Å²) in [6, 6.07) is 0. The molecule has 1 aromatic heterocycles. The molecule has 0 spiro atoms. The maximum Gasteiger partial charge on any atom is 0.138 e. The van der Waals surface area contributed by atoms with Gasteiger partial charge in [0, 0.05) is 18.7 Å². The summed E-state index contributed by atoms with van der Waals surface area (Å²) in [6.07, 6.45) is 5.80. The van der Waals surface area contributed by atoms with Gasteiger partial charge in [-0.1, -0.05) is 5.16 Å². The molecule has 2 saturated carbocycles. The molecule has 0 amide bonds. The van der Waals surface area contributed by atoms with Crippen LogP contribution >= 0.6 is 0 Å². The zero-order valence-corrected chi connectivity index (χ0v) is 10.2. The number of nitrogens with zero attached hydrogens (tertiary/aromatic N) is 1. The first-order valence-electron chi connectivity index (χ1n) is 6.34. The number of aryl methyl sites for hydroxylation is 2. The summed E-state index contributed by atoms with van der Waals surface area (Å²) in [5.41, 5.74) is 2.95. The van der Waals surface area contributed by atoms with Crippen molar-refractivity contribution in [2.75, 3.05) is 6.54 Å². The highest BCUT2D eigenvalue weighted by Crippen LogP contribution is 2.60. The minimum Gasteiger partial charge on any atom is -0.361 e. The van der Waals surface area contributed by atoms with Crippen molar-refractivity contribution in [1.29, 1.82) is 0 Å². The molecule has 2 aliphatic rings. The number of aromatic nitrogens is 1. The molecule has 0 saturated heterocycles. The van der Waals surface area contributed by atoms with E-state index in [0.29, 0.717) is 5.41 Å². The molecule has 3 rings (SSSR count). The average molecular weight is 220 g/mol. The molecule has 16 heavy (non-hydrogen) atoms. The smallest absolute Gasteiger partial charge is 0.138 e. The van der Waals surface area contributed by atoms with Crippen LogP contribution in [0.15, 0.2) is 4.52 Å². The van der Waals surface area contributed by atoms with Gasteiger partial charge in [0.1, 0.15) is 5.76 Å². The fourth-order valence-electron chi connectivity index (χ4n) is 2.78. The van der Waals surface area contributed by atoms with E-state index >= 15 is 0 Å². The molecule has 1 heterocycles. The Morgan fingerprint density at radius 3 is 2.62 bits per heavy atom. The van der Waals surface area contributed by atoms with Gasteiger partial charge in [0.05, 0.1) is 5.69 Å². The van der Waals surface area contributed by atoms with Crippen LogP contribution in [0.2, 0.25) is 0 Å². The van der Waals surface area contributed by atoms with E-state index in [2.05, 4.69) is 10.5 Å². The number of hydrogen-bond acceptors (Lipinski definition) is 3. The van der Waals surface area contributed by atoms with Crippen LogP contribution in [0.25, 0.3) is 0 Å². The van der Waals surface area contributed by atoms with Gasteiger partial charge in [-0.05, 0) is 50.9 Å². The molecule has 0 aromatic carbocycles. The van der Waals surface area contributed by atoms with Crippen LogP contribution in [-0.4, -0.2) is 11.7 Å². The molecular formula is C13H20N2O. The number of hydrogen-bond donors (Lipinski definition) is 1. The normalized spacial score (nSPS) is 22.4. The third-order valence-corrected chi connectivity index (χ3v) is 4.30. The summed E-state index contributed by atoms with van der Waals surface area (Å²) in [4.78, 5) is 0. The minimum atomic E-state index is 0.680. The molecule has 0 radical (unpaired) electrons. The molecule has 3 nitrogen and oxygen atoms in total. The Morgan fingerprint density at radius 1 is 1.38 bits per heavy atom. The van der Waals surface area contributed by atoms with E-state index in [1.54, 1.807) is 0 Å². The van der Waals surface area contributed by atoms with Gasteiger partial charge in [0.25, 0.3) is 0 Å². The van der Waals surface area contributed by atoms with Gasteiger partial charge in [-0.15, -0.1) is 0 Å². The van der Waals surface area contributed by atoms with E-state index in [4.69, 9.17) is 4.52 Å². The summed E-state index contributed by atoms with van der Waals surface area (Å²) < 4.78 is 5.16. The van der Waals surface area contributed by atoms with Crippen LogP contribution in [0.1, 0.15) is 42.7 Å². The van der Waals surface area contributed by atoms with Crippen LogP contribution in [0.3, 0.4) is 0 Å². The second kappa shape index (κ2) is 3.59. The van der Waals surface area contributed by atoms with Crippen LogP contribution in [0.5, 0.6) is 0 Å². The van der Waals surface area contributed by atoms with Gasteiger partial charge in [0.15, 0.2) is 0 Å². The van der Waals surface area contributed by atoms with Crippen molar-refractivity contribution in [3.05, 3.63) is 17.0 Å². The summed E-state index contributed by atoms with van der Waals surface area (Å²) in [5, 5.41) is 7.57. The van der Waals surface area contributed by atoms with Crippen molar-refractivity contribution in [3.8, 4) is 0 Å². The molecule has 0 bridgehead atoms. The predicted octanol–water partition coefficient (Wildman–Crippen LogP) is 2.57. The standard InChI is InChI=1S/C13H20N2O/c1-9-12(10(2)16-15-9)7-14-8-13(5-6-13)11-3-4-11/h11,14H,3-8H2,1-2H3. The average Bonchev–Trinajstić information content (AvgIpc) is 3.13. The summed E-state index contributed by atoms with van der Waals surface area (Å²) >= 11 is 0. The largest absolute Gasteiger partial charge is 0.361 e. The van der Waals surface area contributed by atoms with Gasteiger partial charge >= 0.3 is 0 Å². The molecule has 1 N–H and O–H groups in total. The highest BCUT2D eigenvalue weighted by Gasteiger charge is 2.53. The molecule has 0 atom stereocenters. The molecule has 3 heteroatoms. The van der Waals surface area contributed by atoms with Crippen LogP contribution in [0.4, 0.5) is 0 Å². The first kappa shape index (κ1) is 10.3. The van der Waals surface area contributed by atoms with Crippen molar-refractivity contribution in [2.24, 2.45) is 11.3 Å². The molecular weight excluding hydrogens is 200 g/mol. The Balaban J connectivity index is 1.53. The summed E-state index contributed by atoms with van der Waals surface area (Å²) in [5.74, 6) is 1.99. The zero-order chi connectivity index (χ0) is 11.2. The fraction of sp³-hybridized carbons (Fsp3) is 0.769. The van der Waals surface area contributed by atoms with Crippen molar-refractivity contribution >= 4 is 0 Å². The Kier molecular flexibility index (Phi) is 2.32. The monoisotopic (exact) mass is 220 g/mol. The second-order valence-corrected chi connectivity index (χ2v) is 5.54. The molecule has 2 fully saturated rings. The molecule has 1 aromatic rings. The molecule has 2 aliphatic carbocycles. The minimum absolute atomic E-state index is 0.680. The van der Waals surface area contributed by atoms with Gasteiger partial charge in [-0.3, -0.25) is 0 Å². The third-order valence-electron chi connectivity index (χ3n) is 4.30. The highest BCUT2D eigenvalue weighted by atomic mass is 16.5. The van der Waals surface area contributed by atoms with Crippen LogP contribution in [0, 0.1) is 25.2 Å². The quantitative estimate of drug-likeness (QED) is 0.828. The Labute approximate surface area is 96.6 Å². The fourth-order valence-corrected chi connectivity index (χ4v) is 2.78. The molecule has 88 valence electrons. The van der Waals surface area contributed by atoms with Crippen molar-refractivity contribution in [2.45, 2.75) is 46.1 Å². The van der Waals surface area contributed by atoms with Crippen LogP contribution in [-0.2, 0) is 6.54 Å². The van der Waals surface area contributed by atoms with Gasteiger partial charge in [-0.25, -0.2) is 0 Å². The van der Waals surface area contributed by atoms with E-state index < -0.39 is 0 Å². The van der Waals surface area contributed by atoms with Gasteiger partial charge in [0.2, 0.25) is 0 Å². The lowest BCUT2D eigenvalue weighted by atomic mass is 10.0. The number of nitrogens with one attached hydrogen (secondary N) is 1. The zero-order valence-electron chi connectivity index (χ0n) is 10.2. The predicted molar refractivity (Wildman–Crippen MR) is 62.1 cm³/mol. The SMILES string of the molecule is Cc1noc(C)c1CNCC1(C2CC2)CC1. The molecule has 0 aliphatic heterocycles. The van der Waals surface area contributed by atoms with Crippen molar-refractivity contribution < 1.29 is 4.52 Å². The lowest BCUT2D eigenvalue weighted by Gasteiger charge is -2.14. The van der Waals surface area contributed by atoms with E-state index in [0.717, 1.165) is 23.9 Å². The maximum absolute atomic E-state index is 5.16. The first-order chi connectivity index (χ1) is 7.71. The van der Waals surface area contributed by atoms with E-state index in [-0.39, 0.29) is 0 Å². The van der Waals surface area contributed by atoms with Gasteiger partial charge < -0.3 is 9.84 Å². The van der Waals surface area contributed by atoms with E-state index in [1.165, 1.54) is 37.8 Å². The van der Waals surface area contributed by atoms with E-state index in [1.807, 2.05) is 13.8 Å². The number of rotatable bonds is 5. The summed E-state index contributed by atoms with van der Waals surface area (Å²) in [7, 11) is 0. The van der Waals surface area contributed by atoms with Crippen molar-refractivity contribution in [3.63, 3.8) is 0 Å². The summed E-state index contributed by atoms with van der Waals surface area (Å²) in [6.45, 7) is 6.10. The third kappa shape index (κ3) is 1.77. The second-order valence-electron chi connectivity index (χ2n) is 5.54. The Bertz CT molecular complexity index is 369. The van der Waals surface area contributed by atoms with Gasteiger partial charge in [-0.2, -0.15) is 0 Å². The first-order valence-corrected chi connectivity index (χ1v) is 6.34. The van der Waals surface area contributed by atoms with Crippen LogP contribution < -0.4 is 5.32 Å². The Morgan fingerprint density at radius 2 is 2.12 bits per heavy atom. The lowest BCUT2D eigenvalue weighted by molar-refractivity contribution is 0.388. The van der Waals surface area contributed by atoms with Crippen molar-refractivity contribution in [1.82, 2.24) is 10.5 Å². The lowest BCUT2D eigenvalue weighted by Crippen LogP contribution is -2.25. The Hall–Kier alpha value is -0.830. The maximum atomic E-state index is 5.16. The molecule has 0 unspecified atom stereocenters.